The number of aromatic carboxylic acids is 1. The number of aromatic nitrogens is 2. The number of nitrogens with zero attached hydrogens (tertiary/aromatic N) is 2. The number of methoxy groups -OCH3 is 1. The molecule has 18 heavy (non-hydrogen) atoms. The minimum absolute atomic E-state index is 0.130. The molecule has 0 aliphatic rings. The predicted molar refractivity (Wildman–Crippen MR) is 62.1 cm³/mol. The fraction of sp³-hybridized carbons (Fsp3) is 0.167. The molecule has 0 amide bonds. The Balaban J connectivity index is 2.57. The van der Waals surface area contributed by atoms with Gasteiger partial charge >= 0.3 is 5.97 Å². The van der Waals surface area contributed by atoms with E-state index in [1.165, 1.54) is 36.1 Å². The Bertz CT molecular complexity index is 607. The van der Waals surface area contributed by atoms with Gasteiger partial charge < -0.3 is 9.84 Å². The molecule has 0 radical (unpaired) electrons. The van der Waals surface area contributed by atoms with Gasteiger partial charge in [0.1, 0.15) is 11.6 Å². The van der Waals surface area contributed by atoms with Gasteiger partial charge in [-0.2, -0.15) is 5.10 Å². The lowest BCUT2D eigenvalue weighted by Gasteiger charge is -2.06. The van der Waals surface area contributed by atoms with Crippen LogP contribution in [0.1, 0.15) is 10.5 Å². The highest BCUT2D eigenvalue weighted by atomic mass is 19.1. The number of carbonyl (C=O) groups is 1. The first kappa shape index (κ1) is 12.1. The lowest BCUT2D eigenvalue weighted by atomic mass is 10.1. The van der Waals surface area contributed by atoms with Crippen LogP contribution in [0.25, 0.3) is 11.3 Å². The topological polar surface area (TPSA) is 64.3 Å². The summed E-state index contributed by atoms with van der Waals surface area (Å²) < 4.78 is 20.1. The number of carboxylic acids is 1. The molecular formula is C12H11FN2O3. The van der Waals surface area contributed by atoms with Crippen LogP contribution in [0, 0.1) is 5.82 Å². The summed E-state index contributed by atoms with van der Waals surface area (Å²) >= 11 is 0. The molecule has 0 spiro atoms. The van der Waals surface area contributed by atoms with Crippen molar-refractivity contribution < 1.29 is 19.0 Å². The number of aryl methyl sites for hydroxylation is 1. The van der Waals surface area contributed by atoms with Crippen LogP contribution in [0.2, 0.25) is 0 Å². The molecule has 94 valence electrons. The maximum absolute atomic E-state index is 13.7. The second-order valence-corrected chi connectivity index (χ2v) is 3.69. The molecule has 0 fully saturated rings. The highest BCUT2D eigenvalue weighted by Gasteiger charge is 2.15. The van der Waals surface area contributed by atoms with Crippen molar-refractivity contribution in [3.63, 3.8) is 0 Å². The summed E-state index contributed by atoms with van der Waals surface area (Å²) in [6.07, 6.45) is 0. The van der Waals surface area contributed by atoms with Crippen molar-refractivity contribution in [3.8, 4) is 17.0 Å². The predicted octanol–water partition coefficient (Wildman–Crippen LogP) is 1.93. The summed E-state index contributed by atoms with van der Waals surface area (Å²) in [5.41, 5.74) is 0.496. The van der Waals surface area contributed by atoms with Crippen molar-refractivity contribution in [2.75, 3.05) is 7.11 Å². The van der Waals surface area contributed by atoms with Crippen LogP contribution in [-0.2, 0) is 7.05 Å². The smallest absolute Gasteiger partial charge is 0.356 e. The fourth-order valence-electron chi connectivity index (χ4n) is 1.65. The van der Waals surface area contributed by atoms with Crippen LogP contribution in [0.15, 0.2) is 24.3 Å². The van der Waals surface area contributed by atoms with Crippen molar-refractivity contribution in [3.05, 3.63) is 35.8 Å². The summed E-state index contributed by atoms with van der Waals surface area (Å²) in [7, 11) is 3.03. The van der Waals surface area contributed by atoms with Crippen LogP contribution in [0.4, 0.5) is 4.39 Å². The first-order valence-corrected chi connectivity index (χ1v) is 5.14. The average molecular weight is 250 g/mol. The largest absolute Gasteiger partial charge is 0.497 e. The molecule has 1 N–H and O–H groups in total. The molecule has 1 aromatic heterocycles. The Hall–Kier alpha value is -2.37. The number of hydrogen-bond donors (Lipinski definition) is 1. The zero-order valence-electron chi connectivity index (χ0n) is 9.85. The summed E-state index contributed by atoms with van der Waals surface area (Å²) in [6, 6.07) is 5.58. The molecule has 0 saturated heterocycles. The van der Waals surface area contributed by atoms with Crippen LogP contribution in [0.5, 0.6) is 5.75 Å². The molecule has 1 heterocycles. The van der Waals surface area contributed by atoms with E-state index in [0.29, 0.717) is 11.4 Å². The van der Waals surface area contributed by atoms with Gasteiger partial charge in [0, 0.05) is 12.6 Å². The maximum Gasteiger partial charge on any atom is 0.356 e. The van der Waals surface area contributed by atoms with Gasteiger partial charge in [-0.05, 0) is 24.3 Å². The van der Waals surface area contributed by atoms with Crippen LogP contribution < -0.4 is 4.74 Å². The quantitative estimate of drug-likeness (QED) is 0.904. The molecule has 0 bridgehead atoms. The number of ether oxygens (including phenoxy) is 1. The van der Waals surface area contributed by atoms with Crippen molar-refractivity contribution in [2.24, 2.45) is 7.05 Å². The van der Waals surface area contributed by atoms with Gasteiger partial charge in [0.05, 0.1) is 12.8 Å². The van der Waals surface area contributed by atoms with E-state index in [-0.39, 0.29) is 11.3 Å². The molecular weight excluding hydrogens is 239 g/mol. The summed E-state index contributed by atoms with van der Waals surface area (Å²) in [6.45, 7) is 0. The number of hydrogen-bond acceptors (Lipinski definition) is 3. The molecule has 0 atom stereocenters. The lowest BCUT2D eigenvalue weighted by molar-refractivity contribution is 0.0689. The molecule has 0 aliphatic carbocycles. The maximum atomic E-state index is 13.7. The van der Waals surface area contributed by atoms with Gasteiger partial charge in [0.25, 0.3) is 0 Å². The first-order chi connectivity index (χ1) is 8.52. The number of benzene rings is 1. The standard InChI is InChI=1S/C12H11FN2O3/c1-15-11(6-10(14-15)12(16)17)8-5-7(18-2)3-4-9(8)13/h3-6H,1-2H3,(H,16,17). The minimum atomic E-state index is -1.15. The van der Waals surface area contributed by atoms with E-state index in [2.05, 4.69) is 5.10 Å². The average Bonchev–Trinajstić information content (AvgIpc) is 2.72. The number of rotatable bonds is 3. The van der Waals surface area contributed by atoms with Crippen LogP contribution in [0.3, 0.4) is 0 Å². The lowest BCUT2D eigenvalue weighted by Crippen LogP contribution is -1.99. The summed E-state index contributed by atoms with van der Waals surface area (Å²) in [5, 5.41) is 12.6. The second-order valence-electron chi connectivity index (χ2n) is 3.69. The van der Waals surface area contributed by atoms with Crippen LogP contribution in [-0.4, -0.2) is 28.0 Å². The summed E-state index contributed by atoms with van der Waals surface area (Å²) in [5.74, 6) is -1.12. The van der Waals surface area contributed by atoms with Gasteiger partial charge in [-0.3, -0.25) is 4.68 Å². The molecule has 5 nitrogen and oxygen atoms in total. The minimum Gasteiger partial charge on any atom is -0.497 e. The Morgan fingerprint density at radius 2 is 2.17 bits per heavy atom. The Labute approximate surface area is 102 Å². The fourth-order valence-corrected chi connectivity index (χ4v) is 1.65. The van der Waals surface area contributed by atoms with Crippen molar-refractivity contribution in [1.82, 2.24) is 9.78 Å². The van der Waals surface area contributed by atoms with Crippen molar-refractivity contribution in [1.29, 1.82) is 0 Å². The molecule has 0 saturated carbocycles. The van der Waals surface area contributed by atoms with E-state index in [1.807, 2.05) is 0 Å². The Morgan fingerprint density at radius 3 is 2.72 bits per heavy atom. The molecule has 0 unspecified atom stereocenters. The highest BCUT2D eigenvalue weighted by Crippen LogP contribution is 2.27. The van der Waals surface area contributed by atoms with Crippen LogP contribution >= 0.6 is 0 Å². The SMILES string of the molecule is COc1ccc(F)c(-c2cc(C(=O)O)nn2C)c1. The summed E-state index contributed by atoms with van der Waals surface area (Å²) in [4.78, 5) is 10.8. The third kappa shape index (κ3) is 2.04. The van der Waals surface area contributed by atoms with E-state index in [1.54, 1.807) is 7.05 Å². The van der Waals surface area contributed by atoms with Gasteiger partial charge in [-0.1, -0.05) is 0 Å². The van der Waals surface area contributed by atoms with Gasteiger partial charge in [-0.15, -0.1) is 0 Å². The monoisotopic (exact) mass is 250 g/mol. The van der Waals surface area contributed by atoms with E-state index in [0.717, 1.165) is 0 Å². The second kappa shape index (κ2) is 4.48. The van der Waals surface area contributed by atoms with Crippen molar-refractivity contribution in [2.45, 2.75) is 0 Å². The zero-order chi connectivity index (χ0) is 13.3. The molecule has 0 aliphatic heterocycles. The van der Waals surface area contributed by atoms with Gasteiger partial charge in [-0.25, -0.2) is 9.18 Å². The number of halogens is 1. The normalized spacial score (nSPS) is 10.4. The van der Waals surface area contributed by atoms with Gasteiger partial charge in [0.2, 0.25) is 0 Å². The third-order valence-corrected chi connectivity index (χ3v) is 2.55. The van der Waals surface area contributed by atoms with E-state index >= 15 is 0 Å². The molecule has 2 rings (SSSR count). The molecule has 2 aromatic rings. The number of carboxylic acid groups (broad SMARTS) is 1. The van der Waals surface area contributed by atoms with E-state index < -0.39 is 11.8 Å². The molecule has 1 aromatic carbocycles. The zero-order valence-corrected chi connectivity index (χ0v) is 9.85. The first-order valence-electron chi connectivity index (χ1n) is 5.14. The molecule has 6 heteroatoms. The Kier molecular flexibility index (Phi) is 3.01. The highest BCUT2D eigenvalue weighted by molar-refractivity contribution is 5.87. The van der Waals surface area contributed by atoms with E-state index in [9.17, 15) is 9.18 Å². The van der Waals surface area contributed by atoms with E-state index in [4.69, 9.17) is 9.84 Å². The Morgan fingerprint density at radius 1 is 1.44 bits per heavy atom. The third-order valence-electron chi connectivity index (χ3n) is 2.55. The van der Waals surface area contributed by atoms with Gasteiger partial charge in [0.15, 0.2) is 5.69 Å². The van der Waals surface area contributed by atoms with Crippen molar-refractivity contribution >= 4 is 5.97 Å².